The second kappa shape index (κ2) is 9.43. The van der Waals surface area contributed by atoms with Gasteiger partial charge in [0.05, 0.1) is 5.56 Å². The number of rotatable bonds is 4. The second-order valence-corrected chi connectivity index (χ2v) is 17.2. The Morgan fingerprint density at radius 3 is 2.07 bits per heavy atom. The molecule has 5 aliphatic carbocycles. The Labute approximate surface area is 249 Å². The molecule has 0 saturated heterocycles. The van der Waals surface area contributed by atoms with E-state index in [0.717, 1.165) is 18.8 Å². The average molecular weight is 561 g/mol. The number of Topliss-reactive ketones (excluding diaryl/α,β-unsaturated/α-hetero) is 1. The third-order valence-electron chi connectivity index (χ3n) is 15.6. The van der Waals surface area contributed by atoms with Gasteiger partial charge in [-0.05, 0) is 152 Å². The van der Waals surface area contributed by atoms with Gasteiger partial charge in [-0.25, -0.2) is 4.79 Å². The standard InChI is InChI=1S/C38H56O3/c1-23(2)27-15-20-38(24(3)39)22-21-36(7)29(32(27)38)13-14-31-35(6)18-16-28(25-9-11-26(12-10-25)33(40)41)34(4,5)30(35)17-19-37(31,36)8/h9-12,23,27-32H,13-22H2,1-8H3,(H,40,41)/t27-,28-,29+,30-,31+,32+,35-,36+,37+,38+/m0/s1. The van der Waals surface area contributed by atoms with Gasteiger partial charge < -0.3 is 5.11 Å². The van der Waals surface area contributed by atoms with Crippen LogP contribution in [0.1, 0.15) is 141 Å². The van der Waals surface area contributed by atoms with Gasteiger partial charge in [0.25, 0.3) is 0 Å². The van der Waals surface area contributed by atoms with E-state index in [1.165, 1.54) is 56.9 Å². The largest absolute Gasteiger partial charge is 0.478 e. The lowest BCUT2D eigenvalue weighted by atomic mass is 9.31. The van der Waals surface area contributed by atoms with Crippen molar-refractivity contribution in [2.24, 2.45) is 62.6 Å². The van der Waals surface area contributed by atoms with Crippen molar-refractivity contribution in [3.63, 3.8) is 0 Å². The molecule has 10 atom stereocenters. The summed E-state index contributed by atoms with van der Waals surface area (Å²) in [5.41, 5.74) is 2.76. The zero-order valence-electron chi connectivity index (χ0n) is 27.2. The molecule has 5 saturated carbocycles. The maximum atomic E-state index is 13.4. The molecule has 5 aliphatic rings. The molecule has 1 N–H and O–H groups in total. The molecule has 0 radical (unpaired) electrons. The van der Waals surface area contributed by atoms with Crippen molar-refractivity contribution in [1.82, 2.24) is 0 Å². The zero-order chi connectivity index (χ0) is 29.8. The number of carbonyl (C=O) groups excluding carboxylic acids is 1. The van der Waals surface area contributed by atoms with Gasteiger partial charge in [-0.3, -0.25) is 4.79 Å². The molecule has 0 aromatic heterocycles. The van der Waals surface area contributed by atoms with Crippen molar-refractivity contribution >= 4 is 11.8 Å². The molecular weight excluding hydrogens is 504 g/mol. The topological polar surface area (TPSA) is 54.4 Å². The van der Waals surface area contributed by atoms with Crippen LogP contribution in [0.4, 0.5) is 0 Å². The van der Waals surface area contributed by atoms with Gasteiger partial charge >= 0.3 is 5.97 Å². The first kappa shape index (κ1) is 29.4. The normalized spacial score (nSPS) is 46.7. The van der Waals surface area contributed by atoms with Crippen LogP contribution in [0, 0.1) is 62.6 Å². The number of aromatic carboxylic acids is 1. The molecule has 5 fully saturated rings. The van der Waals surface area contributed by atoms with Crippen molar-refractivity contribution < 1.29 is 14.7 Å². The highest BCUT2D eigenvalue weighted by molar-refractivity contribution is 5.87. The summed E-state index contributed by atoms with van der Waals surface area (Å²) < 4.78 is 0. The van der Waals surface area contributed by atoms with Crippen molar-refractivity contribution in [3.05, 3.63) is 35.4 Å². The zero-order valence-corrected chi connectivity index (χ0v) is 27.2. The van der Waals surface area contributed by atoms with Crippen LogP contribution in [0.3, 0.4) is 0 Å². The van der Waals surface area contributed by atoms with Gasteiger partial charge in [-0.2, -0.15) is 0 Å². The van der Waals surface area contributed by atoms with Gasteiger partial charge in [0.1, 0.15) is 5.78 Å². The van der Waals surface area contributed by atoms with E-state index >= 15 is 0 Å². The fourth-order valence-electron chi connectivity index (χ4n) is 13.5. The first-order valence-corrected chi connectivity index (χ1v) is 17.0. The van der Waals surface area contributed by atoms with E-state index in [9.17, 15) is 14.7 Å². The minimum atomic E-state index is -0.844. The summed E-state index contributed by atoms with van der Waals surface area (Å²) in [6, 6.07) is 7.79. The van der Waals surface area contributed by atoms with E-state index in [-0.39, 0.29) is 10.8 Å². The predicted molar refractivity (Wildman–Crippen MR) is 166 cm³/mol. The van der Waals surface area contributed by atoms with Crippen molar-refractivity contribution in [1.29, 1.82) is 0 Å². The van der Waals surface area contributed by atoms with Crippen LogP contribution in [0.25, 0.3) is 0 Å². The maximum absolute atomic E-state index is 13.4. The third-order valence-corrected chi connectivity index (χ3v) is 15.6. The molecule has 0 amide bonds. The van der Waals surface area contributed by atoms with E-state index in [2.05, 4.69) is 60.6 Å². The first-order valence-electron chi connectivity index (χ1n) is 17.0. The summed E-state index contributed by atoms with van der Waals surface area (Å²) in [6.45, 7) is 19.9. The highest BCUT2D eigenvalue weighted by Crippen LogP contribution is 2.78. The Hall–Kier alpha value is -1.64. The van der Waals surface area contributed by atoms with Crippen LogP contribution in [-0.2, 0) is 4.79 Å². The lowest BCUT2D eigenvalue weighted by Crippen LogP contribution is -2.66. The smallest absolute Gasteiger partial charge is 0.335 e. The molecule has 3 heteroatoms. The number of carboxylic acid groups (broad SMARTS) is 1. The number of carboxylic acids is 1. The van der Waals surface area contributed by atoms with Crippen LogP contribution in [0.2, 0.25) is 0 Å². The lowest BCUT2D eigenvalue weighted by Gasteiger charge is -2.73. The number of fused-ring (bicyclic) bond motifs is 7. The molecule has 0 aliphatic heterocycles. The molecule has 1 aromatic carbocycles. The Kier molecular flexibility index (Phi) is 6.77. The van der Waals surface area contributed by atoms with Gasteiger partial charge in [0, 0.05) is 5.41 Å². The first-order chi connectivity index (χ1) is 19.1. The average Bonchev–Trinajstić information content (AvgIpc) is 3.30. The Balaban J connectivity index is 1.33. The summed E-state index contributed by atoms with van der Waals surface area (Å²) >= 11 is 0. The number of hydrogen-bond donors (Lipinski definition) is 1. The summed E-state index contributed by atoms with van der Waals surface area (Å²) in [6.07, 6.45) is 12.4. The monoisotopic (exact) mass is 560 g/mol. The van der Waals surface area contributed by atoms with E-state index in [0.29, 0.717) is 63.1 Å². The molecule has 6 rings (SSSR count). The van der Waals surface area contributed by atoms with Crippen LogP contribution in [0.5, 0.6) is 0 Å². The second-order valence-electron chi connectivity index (χ2n) is 17.2. The summed E-state index contributed by atoms with van der Waals surface area (Å²) in [4.78, 5) is 24.9. The third kappa shape index (κ3) is 3.81. The van der Waals surface area contributed by atoms with Crippen LogP contribution in [-0.4, -0.2) is 16.9 Å². The number of carbonyl (C=O) groups is 2. The van der Waals surface area contributed by atoms with Gasteiger partial charge in [0.2, 0.25) is 0 Å². The Morgan fingerprint density at radius 1 is 0.780 bits per heavy atom. The fraction of sp³-hybridized carbons (Fsp3) is 0.789. The maximum Gasteiger partial charge on any atom is 0.335 e. The van der Waals surface area contributed by atoms with E-state index < -0.39 is 5.97 Å². The van der Waals surface area contributed by atoms with Crippen molar-refractivity contribution in [2.45, 2.75) is 126 Å². The van der Waals surface area contributed by atoms with E-state index in [4.69, 9.17) is 0 Å². The number of ketones is 1. The summed E-state index contributed by atoms with van der Waals surface area (Å²) in [5.74, 6) is 4.11. The molecule has 226 valence electrons. The number of hydrogen-bond acceptors (Lipinski definition) is 2. The lowest BCUT2D eigenvalue weighted by molar-refractivity contribution is -0.239. The minimum Gasteiger partial charge on any atom is -0.478 e. The van der Waals surface area contributed by atoms with Gasteiger partial charge in [-0.15, -0.1) is 0 Å². The highest BCUT2D eigenvalue weighted by atomic mass is 16.4. The highest BCUT2D eigenvalue weighted by Gasteiger charge is 2.71. The van der Waals surface area contributed by atoms with Crippen LogP contribution >= 0.6 is 0 Å². The van der Waals surface area contributed by atoms with Crippen molar-refractivity contribution in [3.8, 4) is 0 Å². The molecule has 0 bridgehead atoms. The van der Waals surface area contributed by atoms with E-state index in [1.54, 1.807) is 12.1 Å². The quantitative estimate of drug-likeness (QED) is 0.399. The minimum absolute atomic E-state index is 0.0559. The molecular formula is C38H56O3. The van der Waals surface area contributed by atoms with Gasteiger partial charge in [0.15, 0.2) is 0 Å². The predicted octanol–water partition coefficient (Wildman–Crippen LogP) is 9.79. The molecule has 0 unspecified atom stereocenters. The van der Waals surface area contributed by atoms with Crippen LogP contribution < -0.4 is 0 Å². The Bertz CT molecular complexity index is 1210. The summed E-state index contributed by atoms with van der Waals surface area (Å²) in [5, 5.41) is 9.43. The van der Waals surface area contributed by atoms with E-state index in [1.807, 2.05) is 6.92 Å². The molecule has 1 aromatic rings. The molecule has 3 nitrogen and oxygen atoms in total. The Morgan fingerprint density at radius 2 is 1.46 bits per heavy atom. The molecule has 41 heavy (non-hydrogen) atoms. The van der Waals surface area contributed by atoms with Crippen molar-refractivity contribution in [2.75, 3.05) is 0 Å². The fourth-order valence-corrected chi connectivity index (χ4v) is 13.5. The number of benzene rings is 1. The SMILES string of the molecule is CC(=O)[C@]12CC[C@@H](C(C)C)[C@@H]1[C@H]1CC[C@@H]3[C@@]4(C)CC[C@@H](c5ccc(C(=O)O)cc5)C(C)(C)[C@@H]4CC[C@@]3(C)[C@]1(C)CC2. The van der Waals surface area contributed by atoms with Gasteiger partial charge in [-0.1, -0.05) is 60.6 Å². The summed E-state index contributed by atoms with van der Waals surface area (Å²) in [7, 11) is 0. The van der Waals surface area contributed by atoms with Crippen LogP contribution in [0.15, 0.2) is 24.3 Å². The molecule has 0 heterocycles. The molecule has 0 spiro atoms.